The van der Waals surface area contributed by atoms with Crippen molar-refractivity contribution in [2.24, 2.45) is 4.99 Å². The zero-order chi connectivity index (χ0) is 20.6. The lowest BCUT2D eigenvalue weighted by molar-refractivity contribution is 0.0347. The number of hydrogen-bond donors (Lipinski definition) is 2. The summed E-state index contributed by atoms with van der Waals surface area (Å²) in [5.74, 6) is 2.66. The van der Waals surface area contributed by atoms with Gasteiger partial charge in [0.25, 0.3) is 0 Å². The fourth-order valence-corrected chi connectivity index (χ4v) is 3.72. The van der Waals surface area contributed by atoms with Crippen LogP contribution < -0.4 is 15.4 Å². The van der Waals surface area contributed by atoms with Gasteiger partial charge in [-0.1, -0.05) is 18.2 Å². The Kier molecular flexibility index (Phi) is 9.48. The van der Waals surface area contributed by atoms with Crippen molar-refractivity contribution in [2.75, 3.05) is 33.0 Å². The Morgan fingerprint density at radius 3 is 2.90 bits per heavy atom. The fraction of sp³-hybridized carbons (Fsp3) is 0.522. The van der Waals surface area contributed by atoms with Gasteiger partial charge < -0.3 is 29.3 Å². The minimum atomic E-state index is 0. The van der Waals surface area contributed by atoms with Crippen LogP contribution in [-0.2, 0) is 15.9 Å². The largest absolute Gasteiger partial charge is 0.493 e. The number of benzene rings is 1. The maximum absolute atomic E-state index is 5.97. The third-order valence-electron chi connectivity index (χ3n) is 5.33. The summed E-state index contributed by atoms with van der Waals surface area (Å²) in [6, 6.07) is 12.3. The number of furan rings is 1. The molecule has 1 saturated heterocycles. The van der Waals surface area contributed by atoms with E-state index in [0.717, 1.165) is 48.9 Å². The molecule has 1 aromatic heterocycles. The number of aliphatic imine (C=N–C) groups is 1. The third kappa shape index (κ3) is 7.11. The molecule has 4 rings (SSSR count). The van der Waals surface area contributed by atoms with Crippen LogP contribution in [0.3, 0.4) is 0 Å². The second-order valence-electron chi connectivity index (χ2n) is 7.80. The number of halogens is 1. The quantitative estimate of drug-likeness (QED) is 0.302. The predicted octanol–water partition coefficient (Wildman–Crippen LogP) is 3.69. The first-order chi connectivity index (χ1) is 14.8. The Morgan fingerprint density at radius 2 is 2.10 bits per heavy atom. The van der Waals surface area contributed by atoms with E-state index in [1.54, 1.807) is 6.26 Å². The highest BCUT2D eigenvalue weighted by atomic mass is 127. The molecule has 2 aromatic rings. The molecule has 3 atom stereocenters. The van der Waals surface area contributed by atoms with Crippen LogP contribution in [0.1, 0.15) is 37.1 Å². The molecule has 0 bridgehead atoms. The molecule has 2 aliphatic heterocycles. The number of hydrogen-bond acceptors (Lipinski definition) is 5. The van der Waals surface area contributed by atoms with E-state index in [1.807, 2.05) is 30.3 Å². The van der Waals surface area contributed by atoms with E-state index in [4.69, 9.17) is 23.6 Å². The van der Waals surface area contributed by atoms with Crippen LogP contribution in [0.5, 0.6) is 5.75 Å². The van der Waals surface area contributed by atoms with Gasteiger partial charge in [0, 0.05) is 37.6 Å². The molecule has 0 saturated carbocycles. The Morgan fingerprint density at radius 1 is 1.19 bits per heavy atom. The van der Waals surface area contributed by atoms with Gasteiger partial charge in [0.1, 0.15) is 11.5 Å². The molecule has 7 nitrogen and oxygen atoms in total. The first kappa shape index (κ1) is 23.9. The Hall–Kier alpha value is -1.78. The highest BCUT2D eigenvalue weighted by Crippen LogP contribution is 2.31. The van der Waals surface area contributed by atoms with E-state index >= 15 is 0 Å². The topological polar surface area (TPSA) is 77.2 Å². The number of para-hydroxylation sites is 1. The SMILES string of the molecule is CC(COC1CCOC1)NC(=NCCc1ccco1)NC1CCOc2ccccc21.I. The van der Waals surface area contributed by atoms with Gasteiger partial charge in [0.15, 0.2) is 5.96 Å². The van der Waals surface area contributed by atoms with Gasteiger partial charge in [0.2, 0.25) is 0 Å². The monoisotopic (exact) mass is 541 g/mol. The summed E-state index contributed by atoms with van der Waals surface area (Å²) in [5, 5.41) is 7.10. The minimum absolute atomic E-state index is 0. The van der Waals surface area contributed by atoms with Crippen LogP contribution >= 0.6 is 24.0 Å². The molecular formula is C23H32IN3O4. The maximum atomic E-state index is 5.97. The van der Waals surface area contributed by atoms with E-state index in [1.165, 1.54) is 0 Å². The number of guanidine groups is 1. The first-order valence-corrected chi connectivity index (χ1v) is 10.8. The van der Waals surface area contributed by atoms with Gasteiger partial charge in [-0.25, -0.2) is 0 Å². The number of nitrogens with one attached hydrogen (secondary N) is 2. The van der Waals surface area contributed by atoms with Crippen LogP contribution in [0.25, 0.3) is 0 Å². The molecule has 1 aromatic carbocycles. The standard InChI is InChI=1S/C23H31N3O4.HI/c1-17(15-30-19-9-13-27-16-19)25-23(24-11-8-18-5-4-12-28-18)26-21-10-14-29-22-7-3-2-6-20(21)22;/h2-7,12,17,19,21H,8-11,13-16H2,1H3,(H2,24,25,26);1H. The molecule has 3 heterocycles. The molecule has 1 fully saturated rings. The van der Waals surface area contributed by atoms with Crippen LogP contribution in [-0.4, -0.2) is 51.1 Å². The Labute approximate surface area is 200 Å². The second-order valence-corrected chi connectivity index (χ2v) is 7.80. The highest BCUT2D eigenvalue weighted by Gasteiger charge is 2.23. The number of nitrogens with zero attached hydrogens (tertiary/aromatic N) is 1. The van der Waals surface area contributed by atoms with Crippen molar-refractivity contribution in [2.45, 2.75) is 44.4 Å². The number of ether oxygens (including phenoxy) is 3. The third-order valence-corrected chi connectivity index (χ3v) is 5.33. The summed E-state index contributed by atoms with van der Waals surface area (Å²) >= 11 is 0. The average Bonchev–Trinajstić information content (AvgIpc) is 3.47. The molecular weight excluding hydrogens is 509 g/mol. The summed E-state index contributed by atoms with van der Waals surface area (Å²) in [7, 11) is 0. The van der Waals surface area contributed by atoms with Crippen molar-refractivity contribution in [3.8, 4) is 5.75 Å². The summed E-state index contributed by atoms with van der Waals surface area (Å²) in [6.45, 7) is 5.52. The number of rotatable bonds is 8. The lowest BCUT2D eigenvalue weighted by Crippen LogP contribution is -2.46. The van der Waals surface area contributed by atoms with Crippen LogP contribution in [0, 0.1) is 0 Å². The Balaban J connectivity index is 0.00000272. The van der Waals surface area contributed by atoms with Crippen LogP contribution in [0.4, 0.5) is 0 Å². The van der Waals surface area contributed by atoms with Crippen molar-refractivity contribution >= 4 is 29.9 Å². The molecule has 2 N–H and O–H groups in total. The van der Waals surface area contributed by atoms with Crippen molar-refractivity contribution in [1.82, 2.24) is 10.6 Å². The van der Waals surface area contributed by atoms with Crippen molar-refractivity contribution < 1.29 is 18.6 Å². The molecule has 3 unspecified atom stereocenters. The predicted molar refractivity (Wildman–Crippen MR) is 130 cm³/mol. The molecule has 2 aliphatic rings. The van der Waals surface area contributed by atoms with Crippen molar-refractivity contribution in [3.05, 3.63) is 54.0 Å². The van der Waals surface area contributed by atoms with E-state index in [9.17, 15) is 0 Å². The van der Waals surface area contributed by atoms with Gasteiger partial charge in [-0.15, -0.1) is 24.0 Å². The molecule has 0 spiro atoms. The lowest BCUT2D eigenvalue weighted by Gasteiger charge is -2.29. The van der Waals surface area contributed by atoms with Crippen LogP contribution in [0.15, 0.2) is 52.1 Å². The zero-order valence-corrected chi connectivity index (χ0v) is 20.2. The van der Waals surface area contributed by atoms with E-state index in [2.05, 4.69) is 23.6 Å². The van der Waals surface area contributed by atoms with Crippen molar-refractivity contribution in [1.29, 1.82) is 0 Å². The Bertz CT molecular complexity index is 809. The number of fused-ring (bicyclic) bond motifs is 1. The minimum Gasteiger partial charge on any atom is -0.493 e. The lowest BCUT2D eigenvalue weighted by atomic mass is 10.0. The van der Waals surface area contributed by atoms with Gasteiger partial charge in [0.05, 0.1) is 38.2 Å². The van der Waals surface area contributed by atoms with Gasteiger partial charge in [-0.05, 0) is 31.5 Å². The summed E-state index contributed by atoms with van der Waals surface area (Å²) in [5.41, 5.74) is 1.16. The fourth-order valence-electron chi connectivity index (χ4n) is 3.72. The molecule has 0 amide bonds. The van der Waals surface area contributed by atoms with Gasteiger partial charge in [-0.3, -0.25) is 4.99 Å². The normalized spacial score (nSPS) is 21.5. The highest BCUT2D eigenvalue weighted by molar-refractivity contribution is 14.0. The molecule has 8 heteroatoms. The molecule has 170 valence electrons. The summed E-state index contributed by atoms with van der Waals surface area (Å²) < 4.78 is 22.6. The van der Waals surface area contributed by atoms with E-state index < -0.39 is 0 Å². The smallest absolute Gasteiger partial charge is 0.192 e. The van der Waals surface area contributed by atoms with E-state index in [-0.39, 0.29) is 42.2 Å². The maximum Gasteiger partial charge on any atom is 0.192 e. The van der Waals surface area contributed by atoms with Crippen LogP contribution in [0.2, 0.25) is 0 Å². The van der Waals surface area contributed by atoms with Crippen molar-refractivity contribution in [3.63, 3.8) is 0 Å². The average molecular weight is 541 g/mol. The summed E-state index contributed by atoms with van der Waals surface area (Å²) in [4.78, 5) is 4.80. The van der Waals surface area contributed by atoms with Gasteiger partial charge in [-0.2, -0.15) is 0 Å². The van der Waals surface area contributed by atoms with Gasteiger partial charge >= 0.3 is 0 Å². The first-order valence-electron chi connectivity index (χ1n) is 10.8. The van der Waals surface area contributed by atoms with E-state index in [0.29, 0.717) is 26.4 Å². The molecule has 0 radical (unpaired) electrons. The molecule has 31 heavy (non-hydrogen) atoms. The second kappa shape index (κ2) is 12.3. The molecule has 0 aliphatic carbocycles. The zero-order valence-electron chi connectivity index (χ0n) is 17.9. The summed E-state index contributed by atoms with van der Waals surface area (Å²) in [6.07, 6.45) is 4.51.